The van der Waals surface area contributed by atoms with Gasteiger partial charge in [-0.15, -0.1) is 0 Å². The van der Waals surface area contributed by atoms with Crippen molar-refractivity contribution in [3.63, 3.8) is 0 Å². The predicted molar refractivity (Wildman–Crippen MR) is 65.4 cm³/mol. The summed E-state index contributed by atoms with van der Waals surface area (Å²) in [5.74, 6) is 1.78. The van der Waals surface area contributed by atoms with Gasteiger partial charge in [0.1, 0.15) is 5.82 Å². The largest absolute Gasteiger partial charge is 0.392 e. The maximum absolute atomic E-state index is 9.30. The molecule has 0 spiro atoms. The molecular weight excluding hydrogens is 200 g/mol. The Labute approximate surface area is 97.1 Å². The molecule has 1 fully saturated rings. The van der Waals surface area contributed by atoms with Gasteiger partial charge in [-0.05, 0) is 31.2 Å². The monoisotopic (exact) mass is 220 g/mol. The average molecular weight is 220 g/mol. The topological polar surface area (TPSA) is 36.4 Å². The van der Waals surface area contributed by atoms with Crippen LogP contribution in [0.2, 0.25) is 0 Å². The maximum atomic E-state index is 9.30. The number of aromatic nitrogens is 1. The summed E-state index contributed by atoms with van der Waals surface area (Å²) in [5, 5.41) is 9.30. The van der Waals surface area contributed by atoms with E-state index in [1.54, 1.807) is 0 Å². The summed E-state index contributed by atoms with van der Waals surface area (Å²) >= 11 is 0. The quantitative estimate of drug-likeness (QED) is 0.830. The van der Waals surface area contributed by atoms with Crippen LogP contribution in [0.1, 0.15) is 31.7 Å². The first-order valence-corrected chi connectivity index (χ1v) is 6.11. The lowest BCUT2D eigenvalue weighted by Crippen LogP contribution is -2.26. The van der Waals surface area contributed by atoms with E-state index in [1.165, 1.54) is 19.3 Å². The van der Waals surface area contributed by atoms with Crippen molar-refractivity contribution in [2.24, 2.45) is 5.92 Å². The van der Waals surface area contributed by atoms with E-state index in [4.69, 9.17) is 0 Å². The second kappa shape index (κ2) is 5.30. The second-order valence-electron chi connectivity index (χ2n) is 4.67. The molecule has 1 aliphatic rings. The Balaban J connectivity index is 2.16. The van der Waals surface area contributed by atoms with Gasteiger partial charge in [0.15, 0.2) is 0 Å². The van der Waals surface area contributed by atoms with Gasteiger partial charge in [-0.3, -0.25) is 0 Å². The average Bonchev–Trinajstić information content (AvgIpc) is 2.54. The summed E-state index contributed by atoms with van der Waals surface area (Å²) < 4.78 is 0. The van der Waals surface area contributed by atoms with E-state index in [2.05, 4.69) is 16.8 Å². The van der Waals surface area contributed by atoms with E-state index in [0.717, 1.165) is 30.4 Å². The standard InChI is InChI=1S/C13H20N2O/c1-11-4-3-8-15(9-6-11)13-12(10-16)5-2-7-14-13/h2,5,7,11,16H,3-4,6,8-10H2,1H3. The van der Waals surface area contributed by atoms with Gasteiger partial charge in [-0.2, -0.15) is 0 Å². The molecule has 1 aromatic heterocycles. The summed E-state index contributed by atoms with van der Waals surface area (Å²) in [7, 11) is 0. The van der Waals surface area contributed by atoms with Crippen molar-refractivity contribution < 1.29 is 5.11 Å². The van der Waals surface area contributed by atoms with Gasteiger partial charge in [-0.1, -0.05) is 13.0 Å². The fourth-order valence-electron chi connectivity index (χ4n) is 2.31. The summed E-state index contributed by atoms with van der Waals surface area (Å²) in [4.78, 5) is 6.72. The Bertz CT molecular complexity index is 340. The van der Waals surface area contributed by atoms with Gasteiger partial charge in [0.2, 0.25) is 0 Å². The molecule has 16 heavy (non-hydrogen) atoms. The number of pyridine rings is 1. The number of nitrogens with zero attached hydrogens (tertiary/aromatic N) is 2. The van der Waals surface area contributed by atoms with Crippen LogP contribution in [0.3, 0.4) is 0 Å². The molecule has 1 saturated heterocycles. The van der Waals surface area contributed by atoms with Crippen LogP contribution in [0.15, 0.2) is 18.3 Å². The van der Waals surface area contributed by atoms with Crippen molar-refractivity contribution in [3.8, 4) is 0 Å². The summed E-state index contributed by atoms with van der Waals surface area (Å²) in [6.07, 6.45) is 5.56. The fourth-order valence-corrected chi connectivity index (χ4v) is 2.31. The molecule has 0 bridgehead atoms. The molecule has 1 atom stereocenters. The minimum atomic E-state index is 0.0786. The summed E-state index contributed by atoms with van der Waals surface area (Å²) in [6.45, 7) is 4.52. The number of hydrogen-bond acceptors (Lipinski definition) is 3. The molecule has 3 heteroatoms. The van der Waals surface area contributed by atoms with Crippen molar-refractivity contribution in [2.75, 3.05) is 18.0 Å². The van der Waals surface area contributed by atoms with Crippen molar-refractivity contribution in [2.45, 2.75) is 32.8 Å². The van der Waals surface area contributed by atoms with Crippen molar-refractivity contribution >= 4 is 5.82 Å². The van der Waals surface area contributed by atoms with Crippen LogP contribution in [0.5, 0.6) is 0 Å². The van der Waals surface area contributed by atoms with Gasteiger partial charge in [-0.25, -0.2) is 4.98 Å². The smallest absolute Gasteiger partial charge is 0.134 e. The highest BCUT2D eigenvalue weighted by molar-refractivity contribution is 5.46. The van der Waals surface area contributed by atoms with Crippen LogP contribution in [0.25, 0.3) is 0 Å². The van der Waals surface area contributed by atoms with Gasteiger partial charge in [0.25, 0.3) is 0 Å². The van der Waals surface area contributed by atoms with E-state index in [9.17, 15) is 5.11 Å². The van der Waals surface area contributed by atoms with Gasteiger partial charge >= 0.3 is 0 Å². The third kappa shape index (κ3) is 2.53. The van der Waals surface area contributed by atoms with Crippen molar-refractivity contribution in [3.05, 3.63) is 23.9 Å². The van der Waals surface area contributed by atoms with Crippen LogP contribution >= 0.6 is 0 Å². The predicted octanol–water partition coefficient (Wildman–Crippen LogP) is 2.20. The maximum Gasteiger partial charge on any atom is 0.134 e. The number of aliphatic hydroxyl groups excluding tert-OH is 1. The molecule has 0 amide bonds. The minimum Gasteiger partial charge on any atom is -0.392 e. The normalized spacial score (nSPS) is 21.9. The number of rotatable bonds is 2. The molecule has 2 rings (SSSR count). The third-order valence-corrected chi connectivity index (χ3v) is 3.35. The Kier molecular flexibility index (Phi) is 3.78. The van der Waals surface area contributed by atoms with Gasteiger partial charge in [0, 0.05) is 24.8 Å². The highest BCUT2D eigenvalue weighted by Gasteiger charge is 2.16. The molecule has 0 radical (unpaired) electrons. The van der Waals surface area contributed by atoms with Crippen LogP contribution in [-0.4, -0.2) is 23.2 Å². The Morgan fingerprint density at radius 1 is 1.44 bits per heavy atom. The lowest BCUT2D eigenvalue weighted by atomic mass is 10.0. The molecule has 1 N–H and O–H groups in total. The number of anilines is 1. The molecule has 88 valence electrons. The van der Waals surface area contributed by atoms with Crippen LogP contribution in [0.4, 0.5) is 5.82 Å². The molecule has 0 aromatic carbocycles. The zero-order valence-electron chi connectivity index (χ0n) is 9.89. The highest BCUT2D eigenvalue weighted by Crippen LogP contribution is 2.23. The van der Waals surface area contributed by atoms with E-state index in [-0.39, 0.29) is 6.61 Å². The Morgan fingerprint density at radius 3 is 3.12 bits per heavy atom. The van der Waals surface area contributed by atoms with E-state index in [0.29, 0.717) is 0 Å². The van der Waals surface area contributed by atoms with Gasteiger partial charge in [0.05, 0.1) is 6.61 Å². The Morgan fingerprint density at radius 2 is 2.31 bits per heavy atom. The fraction of sp³-hybridized carbons (Fsp3) is 0.615. The van der Waals surface area contributed by atoms with Crippen molar-refractivity contribution in [1.29, 1.82) is 0 Å². The van der Waals surface area contributed by atoms with Gasteiger partial charge < -0.3 is 10.0 Å². The molecular formula is C13H20N2O. The Hall–Kier alpha value is -1.09. The van der Waals surface area contributed by atoms with Crippen LogP contribution < -0.4 is 4.90 Å². The first-order valence-electron chi connectivity index (χ1n) is 6.11. The SMILES string of the molecule is CC1CCCN(c2ncccc2CO)CC1. The lowest BCUT2D eigenvalue weighted by Gasteiger charge is -2.23. The molecule has 1 aliphatic heterocycles. The number of hydrogen-bond donors (Lipinski definition) is 1. The van der Waals surface area contributed by atoms with Crippen LogP contribution in [-0.2, 0) is 6.61 Å². The summed E-state index contributed by atoms with van der Waals surface area (Å²) in [5.41, 5.74) is 0.942. The molecule has 2 heterocycles. The first kappa shape index (κ1) is 11.4. The van der Waals surface area contributed by atoms with E-state index in [1.807, 2.05) is 18.3 Å². The molecule has 0 saturated carbocycles. The molecule has 1 aromatic rings. The second-order valence-corrected chi connectivity index (χ2v) is 4.67. The minimum absolute atomic E-state index is 0.0786. The highest BCUT2D eigenvalue weighted by atomic mass is 16.3. The van der Waals surface area contributed by atoms with E-state index >= 15 is 0 Å². The zero-order chi connectivity index (χ0) is 11.4. The van der Waals surface area contributed by atoms with E-state index < -0.39 is 0 Å². The summed E-state index contributed by atoms with van der Waals surface area (Å²) in [6, 6.07) is 3.84. The molecule has 1 unspecified atom stereocenters. The first-order chi connectivity index (χ1) is 7.81. The number of aliphatic hydroxyl groups is 1. The molecule has 0 aliphatic carbocycles. The van der Waals surface area contributed by atoms with Crippen molar-refractivity contribution in [1.82, 2.24) is 4.98 Å². The third-order valence-electron chi connectivity index (χ3n) is 3.35. The lowest BCUT2D eigenvalue weighted by molar-refractivity contribution is 0.281. The zero-order valence-corrected chi connectivity index (χ0v) is 9.89. The molecule has 3 nitrogen and oxygen atoms in total. The van der Waals surface area contributed by atoms with Crippen LogP contribution in [0, 0.1) is 5.92 Å².